The quantitative estimate of drug-likeness (QED) is 0.422. The molecule has 4 nitrogen and oxygen atoms in total. The third kappa shape index (κ3) is 3.50. The van der Waals surface area contributed by atoms with Crippen LogP contribution < -0.4 is 0 Å². The summed E-state index contributed by atoms with van der Waals surface area (Å²) < 4.78 is 40.5. The molecule has 150 valence electrons. The minimum absolute atomic E-state index is 0.0710. The Labute approximate surface area is 169 Å². The van der Waals surface area contributed by atoms with E-state index in [-0.39, 0.29) is 17.0 Å². The molecule has 0 saturated carbocycles. The van der Waals surface area contributed by atoms with E-state index in [9.17, 15) is 22.8 Å². The Morgan fingerprint density at radius 1 is 0.933 bits per heavy atom. The van der Waals surface area contributed by atoms with Crippen LogP contribution in [-0.4, -0.2) is 21.0 Å². The Morgan fingerprint density at radius 2 is 1.67 bits per heavy atom. The van der Waals surface area contributed by atoms with E-state index < -0.39 is 17.5 Å². The van der Waals surface area contributed by atoms with Crippen molar-refractivity contribution in [1.82, 2.24) is 9.38 Å². The molecule has 0 atom stereocenters. The number of rotatable bonds is 4. The fourth-order valence-corrected chi connectivity index (χ4v) is 3.31. The van der Waals surface area contributed by atoms with E-state index in [0.717, 1.165) is 17.7 Å². The SMILES string of the molecule is CC(=O)c1cc(C(=O)c2cccc(C(F)(F)F)c2)n2cnc(-c3ccccc3)cc12. The molecule has 0 saturated heterocycles. The second kappa shape index (κ2) is 7.26. The molecule has 0 aliphatic rings. The van der Waals surface area contributed by atoms with Crippen LogP contribution >= 0.6 is 0 Å². The zero-order chi connectivity index (χ0) is 21.5. The number of carbonyl (C=O) groups is 2. The number of benzene rings is 2. The van der Waals surface area contributed by atoms with Crippen LogP contribution in [-0.2, 0) is 6.18 Å². The number of alkyl halides is 3. The van der Waals surface area contributed by atoms with Gasteiger partial charge in [-0.15, -0.1) is 0 Å². The Morgan fingerprint density at radius 3 is 2.33 bits per heavy atom. The van der Waals surface area contributed by atoms with Crippen molar-refractivity contribution in [3.63, 3.8) is 0 Å². The van der Waals surface area contributed by atoms with Gasteiger partial charge in [0.25, 0.3) is 0 Å². The molecule has 2 aromatic carbocycles. The predicted octanol–water partition coefficient (Wildman–Crippen LogP) is 5.45. The number of aromatic nitrogens is 2. The van der Waals surface area contributed by atoms with Gasteiger partial charge in [-0.3, -0.25) is 14.0 Å². The molecule has 2 heterocycles. The summed E-state index contributed by atoms with van der Waals surface area (Å²) in [4.78, 5) is 29.5. The second-order valence-corrected chi connectivity index (χ2v) is 6.80. The molecule has 0 spiro atoms. The van der Waals surface area contributed by atoms with E-state index in [4.69, 9.17) is 0 Å². The van der Waals surface area contributed by atoms with E-state index in [1.165, 1.54) is 35.9 Å². The van der Waals surface area contributed by atoms with Crippen molar-refractivity contribution in [3.05, 3.63) is 95.4 Å². The minimum Gasteiger partial charge on any atom is -0.296 e. The molecule has 0 aliphatic carbocycles. The highest BCUT2D eigenvalue weighted by Crippen LogP contribution is 2.30. The van der Waals surface area contributed by atoms with Gasteiger partial charge in [-0.1, -0.05) is 42.5 Å². The van der Waals surface area contributed by atoms with Crippen LogP contribution in [0.4, 0.5) is 13.2 Å². The molecule has 0 unspecified atom stereocenters. The van der Waals surface area contributed by atoms with Crippen molar-refractivity contribution in [2.24, 2.45) is 0 Å². The van der Waals surface area contributed by atoms with Crippen molar-refractivity contribution in [2.75, 3.05) is 0 Å². The van der Waals surface area contributed by atoms with Gasteiger partial charge in [-0.2, -0.15) is 13.2 Å². The summed E-state index contributed by atoms with van der Waals surface area (Å²) >= 11 is 0. The molecule has 0 fully saturated rings. The first kappa shape index (κ1) is 19.6. The third-order valence-corrected chi connectivity index (χ3v) is 4.80. The second-order valence-electron chi connectivity index (χ2n) is 6.80. The smallest absolute Gasteiger partial charge is 0.296 e. The number of carbonyl (C=O) groups excluding carboxylic acids is 2. The van der Waals surface area contributed by atoms with Gasteiger partial charge in [0.2, 0.25) is 5.78 Å². The maximum atomic E-state index is 13.0. The van der Waals surface area contributed by atoms with Crippen LogP contribution in [0.1, 0.15) is 38.9 Å². The lowest BCUT2D eigenvalue weighted by Crippen LogP contribution is -2.09. The summed E-state index contributed by atoms with van der Waals surface area (Å²) in [5, 5.41) is 0. The van der Waals surface area contributed by atoms with Gasteiger partial charge in [-0.25, -0.2) is 4.98 Å². The molecule has 4 rings (SSSR count). The van der Waals surface area contributed by atoms with E-state index in [2.05, 4.69) is 4.98 Å². The van der Waals surface area contributed by atoms with Crippen LogP contribution in [0.15, 0.2) is 73.1 Å². The van der Waals surface area contributed by atoms with Gasteiger partial charge in [-0.05, 0) is 31.2 Å². The number of nitrogens with zero attached hydrogens (tertiary/aromatic N) is 2. The Kier molecular flexibility index (Phi) is 4.73. The van der Waals surface area contributed by atoms with Gasteiger partial charge >= 0.3 is 6.18 Å². The zero-order valence-corrected chi connectivity index (χ0v) is 15.8. The van der Waals surface area contributed by atoms with E-state index in [1.807, 2.05) is 30.3 Å². The average Bonchev–Trinajstić information content (AvgIpc) is 3.12. The summed E-state index contributed by atoms with van der Waals surface area (Å²) in [5.41, 5.74) is 1.25. The lowest BCUT2D eigenvalue weighted by atomic mass is 10.0. The third-order valence-electron chi connectivity index (χ3n) is 4.80. The summed E-state index contributed by atoms with van der Waals surface area (Å²) in [5.74, 6) is -0.890. The maximum Gasteiger partial charge on any atom is 0.416 e. The van der Waals surface area contributed by atoms with Crippen molar-refractivity contribution in [2.45, 2.75) is 13.1 Å². The highest BCUT2D eigenvalue weighted by Gasteiger charge is 2.31. The fraction of sp³-hybridized carbons (Fsp3) is 0.0870. The normalized spacial score (nSPS) is 11.6. The van der Waals surface area contributed by atoms with Crippen molar-refractivity contribution < 1.29 is 22.8 Å². The Hall–Kier alpha value is -3.74. The van der Waals surface area contributed by atoms with Gasteiger partial charge in [0.15, 0.2) is 5.78 Å². The molecule has 2 aromatic heterocycles. The number of Topliss-reactive ketones (excluding diaryl/α,β-unsaturated/α-hetero) is 1. The van der Waals surface area contributed by atoms with E-state index in [1.54, 1.807) is 6.07 Å². The molecular weight excluding hydrogens is 393 g/mol. The first-order valence-corrected chi connectivity index (χ1v) is 9.05. The summed E-state index contributed by atoms with van der Waals surface area (Å²) in [6.45, 7) is 1.37. The standard InChI is InChI=1S/C23H15F3N2O2/c1-14(29)18-11-21(22(30)16-8-5-9-17(10-16)23(24,25)26)28-13-27-19(12-20(18)28)15-6-3-2-4-7-15/h2-13H,1H3. The number of halogens is 3. The molecular formula is C23H15F3N2O2. The lowest BCUT2D eigenvalue weighted by molar-refractivity contribution is -0.137. The largest absolute Gasteiger partial charge is 0.416 e. The van der Waals surface area contributed by atoms with E-state index >= 15 is 0 Å². The molecule has 0 bridgehead atoms. The minimum atomic E-state index is -4.56. The Balaban J connectivity index is 1.86. The van der Waals surface area contributed by atoms with Crippen molar-refractivity contribution in [1.29, 1.82) is 0 Å². The molecule has 0 aliphatic heterocycles. The highest BCUT2D eigenvalue weighted by atomic mass is 19.4. The Bertz CT molecular complexity index is 1270. The van der Waals surface area contributed by atoms with Crippen LogP contribution in [0.25, 0.3) is 16.8 Å². The summed E-state index contributed by atoms with van der Waals surface area (Å²) in [6, 6.07) is 16.6. The molecule has 7 heteroatoms. The number of ketones is 2. The van der Waals surface area contributed by atoms with Crippen LogP contribution in [0, 0.1) is 0 Å². The number of fused-ring (bicyclic) bond motifs is 1. The van der Waals surface area contributed by atoms with Gasteiger partial charge in [0.05, 0.1) is 22.5 Å². The van der Waals surface area contributed by atoms with Crippen molar-refractivity contribution >= 4 is 17.1 Å². The molecule has 0 N–H and O–H groups in total. The molecule has 4 aromatic rings. The first-order valence-electron chi connectivity index (χ1n) is 9.05. The maximum absolute atomic E-state index is 13.0. The molecule has 0 amide bonds. The summed E-state index contributed by atoms with van der Waals surface area (Å²) in [6.07, 6.45) is -3.15. The van der Waals surface area contributed by atoms with Crippen LogP contribution in [0.3, 0.4) is 0 Å². The van der Waals surface area contributed by atoms with Crippen LogP contribution in [0.2, 0.25) is 0 Å². The topological polar surface area (TPSA) is 51.4 Å². The van der Waals surface area contributed by atoms with Gasteiger partial charge in [0.1, 0.15) is 6.33 Å². The first-order chi connectivity index (χ1) is 14.3. The van der Waals surface area contributed by atoms with E-state index in [0.29, 0.717) is 16.8 Å². The number of hydrogen-bond donors (Lipinski definition) is 0. The van der Waals surface area contributed by atoms with Gasteiger partial charge < -0.3 is 0 Å². The molecule has 30 heavy (non-hydrogen) atoms. The fourth-order valence-electron chi connectivity index (χ4n) is 3.31. The molecule has 0 radical (unpaired) electrons. The predicted molar refractivity (Wildman–Crippen MR) is 106 cm³/mol. The average molecular weight is 408 g/mol. The van der Waals surface area contributed by atoms with Gasteiger partial charge in [0, 0.05) is 16.7 Å². The monoisotopic (exact) mass is 408 g/mol. The summed E-state index contributed by atoms with van der Waals surface area (Å²) in [7, 11) is 0. The lowest BCUT2D eigenvalue weighted by Gasteiger charge is -2.08. The number of hydrogen-bond acceptors (Lipinski definition) is 3. The van der Waals surface area contributed by atoms with Crippen molar-refractivity contribution in [3.8, 4) is 11.3 Å². The zero-order valence-electron chi connectivity index (χ0n) is 15.8. The highest BCUT2D eigenvalue weighted by molar-refractivity contribution is 6.12. The van der Waals surface area contributed by atoms with Crippen LogP contribution in [0.5, 0.6) is 0 Å².